The van der Waals surface area contributed by atoms with Crippen LogP contribution in [0.15, 0.2) is 73.4 Å². The van der Waals surface area contributed by atoms with Gasteiger partial charge in [0.25, 0.3) is 0 Å². The number of nitrogen functional groups attached to an aromatic ring is 1. The molecule has 2 aromatic carbocycles. The van der Waals surface area contributed by atoms with Gasteiger partial charge in [0.05, 0.1) is 20.5 Å². The van der Waals surface area contributed by atoms with Crippen molar-refractivity contribution in [2.75, 3.05) is 18.8 Å². The first-order valence-electron chi connectivity index (χ1n) is 11.1. The maximum absolute atomic E-state index is 12.3. The molecule has 0 saturated carbocycles. The van der Waals surface area contributed by atoms with E-state index in [2.05, 4.69) is 34.2 Å². The van der Waals surface area contributed by atoms with Gasteiger partial charge in [-0.1, -0.05) is 24.8 Å². The number of nitrogens with zero attached hydrogens (tertiary/aromatic N) is 4. The largest absolute Gasteiger partial charge is 0.457 e. The van der Waals surface area contributed by atoms with Gasteiger partial charge in [0.2, 0.25) is 5.91 Å². The highest BCUT2D eigenvalue weighted by atomic mass is 127. The SMILES string of the molecule is C=CC(=O)N1CCC[C@@H](n2nc(-c3ccc(Oc4ccccc4)cc3)c3c(N)ncc(I)c32)C1. The predicted molar refractivity (Wildman–Crippen MR) is 142 cm³/mol. The van der Waals surface area contributed by atoms with Gasteiger partial charge in [-0.25, -0.2) is 4.98 Å². The summed E-state index contributed by atoms with van der Waals surface area (Å²) in [5, 5.41) is 5.85. The van der Waals surface area contributed by atoms with Gasteiger partial charge < -0.3 is 15.4 Å². The molecule has 1 saturated heterocycles. The molecule has 1 atom stereocenters. The van der Waals surface area contributed by atoms with Gasteiger partial charge in [-0.05, 0) is 77.9 Å². The zero-order valence-electron chi connectivity index (χ0n) is 18.5. The third-order valence-electron chi connectivity index (χ3n) is 6.05. The fraction of sp³-hybridized carbons (Fsp3) is 0.192. The Hall–Kier alpha value is -3.40. The molecule has 0 radical (unpaired) electrons. The molecule has 1 fully saturated rings. The number of likely N-dealkylation sites (tertiary alicyclic amines) is 1. The Morgan fingerprint density at radius 3 is 2.62 bits per heavy atom. The summed E-state index contributed by atoms with van der Waals surface area (Å²) in [6, 6.07) is 17.5. The number of fused-ring (bicyclic) bond motifs is 1. The number of para-hydroxylation sites is 1. The van der Waals surface area contributed by atoms with Crippen molar-refractivity contribution in [1.82, 2.24) is 19.7 Å². The van der Waals surface area contributed by atoms with Crippen molar-refractivity contribution in [3.63, 3.8) is 0 Å². The van der Waals surface area contributed by atoms with Crippen LogP contribution in [0.2, 0.25) is 0 Å². The summed E-state index contributed by atoms with van der Waals surface area (Å²) in [7, 11) is 0. The Kier molecular flexibility index (Phi) is 6.23. The maximum Gasteiger partial charge on any atom is 0.246 e. The Morgan fingerprint density at radius 2 is 1.88 bits per heavy atom. The molecular weight excluding hydrogens is 541 g/mol. The molecular formula is C26H24IN5O2. The molecule has 1 amide bonds. The van der Waals surface area contributed by atoms with Gasteiger partial charge in [0.15, 0.2) is 0 Å². The number of benzene rings is 2. The molecule has 0 aliphatic carbocycles. The molecule has 0 unspecified atom stereocenters. The topological polar surface area (TPSA) is 86.3 Å². The molecule has 5 rings (SSSR count). The van der Waals surface area contributed by atoms with Crippen LogP contribution >= 0.6 is 22.6 Å². The van der Waals surface area contributed by atoms with Crippen molar-refractivity contribution < 1.29 is 9.53 Å². The van der Waals surface area contributed by atoms with Gasteiger partial charge in [0, 0.05) is 24.8 Å². The minimum absolute atomic E-state index is 0.0462. The van der Waals surface area contributed by atoms with E-state index < -0.39 is 0 Å². The van der Waals surface area contributed by atoms with E-state index in [1.54, 1.807) is 6.20 Å². The maximum atomic E-state index is 12.3. The minimum Gasteiger partial charge on any atom is -0.457 e. The van der Waals surface area contributed by atoms with Crippen LogP contribution in [0.3, 0.4) is 0 Å². The molecule has 3 heterocycles. The average molecular weight is 565 g/mol. The van der Waals surface area contributed by atoms with E-state index >= 15 is 0 Å². The molecule has 172 valence electrons. The van der Waals surface area contributed by atoms with Gasteiger partial charge in [-0.15, -0.1) is 0 Å². The second kappa shape index (κ2) is 9.46. The number of anilines is 1. The first kappa shape index (κ1) is 22.4. The lowest BCUT2D eigenvalue weighted by atomic mass is 10.1. The van der Waals surface area contributed by atoms with Crippen molar-refractivity contribution in [2.24, 2.45) is 0 Å². The molecule has 0 bridgehead atoms. The molecule has 4 aromatic rings. The van der Waals surface area contributed by atoms with Crippen LogP contribution in [0, 0.1) is 3.57 Å². The number of aromatic nitrogens is 3. The predicted octanol–water partition coefficient (Wildman–Crippen LogP) is 5.43. The van der Waals surface area contributed by atoms with Gasteiger partial charge in [-0.2, -0.15) is 5.10 Å². The first-order chi connectivity index (χ1) is 16.5. The summed E-state index contributed by atoms with van der Waals surface area (Å²) in [6.45, 7) is 4.96. The number of pyridine rings is 1. The number of carbonyl (C=O) groups is 1. The molecule has 1 aliphatic heterocycles. The Balaban J connectivity index is 1.54. The molecule has 2 aromatic heterocycles. The van der Waals surface area contributed by atoms with Crippen molar-refractivity contribution in [2.45, 2.75) is 18.9 Å². The van der Waals surface area contributed by atoms with Crippen LogP contribution in [0.25, 0.3) is 22.2 Å². The van der Waals surface area contributed by atoms with Crippen LogP contribution in [0.1, 0.15) is 18.9 Å². The lowest BCUT2D eigenvalue weighted by molar-refractivity contribution is -0.127. The second-order valence-corrected chi connectivity index (χ2v) is 9.39. The summed E-state index contributed by atoms with van der Waals surface area (Å²) < 4.78 is 8.93. The number of rotatable bonds is 5. The normalized spacial score (nSPS) is 15.9. The summed E-state index contributed by atoms with van der Waals surface area (Å²) in [5.74, 6) is 1.91. The average Bonchev–Trinajstić information content (AvgIpc) is 3.29. The number of hydrogen-bond acceptors (Lipinski definition) is 5. The number of hydrogen-bond donors (Lipinski definition) is 1. The zero-order valence-corrected chi connectivity index (χ0v) is 20.7. The zero-order chi connectivity index (χ0) is 23.7. The quantitative estimate of drug-likeness (QED) is 0.258. The third kappa shape index (κ3) is 4.25. The van der Waals surface area contributed by atoms with Gasteiger partial charge >= 0.3 is 0 Å². The summed E-state index contributed by atoms with van der Waals surface area (Å²) >= 11 is 2.28. The van der Waals surface area contributed by atoms with Crippen molar-refractivity contribution in [3.05, 3.63) is 77.0 Å². The number of halogens is 1. The molecule has 0 spiro atoms. The Morgan fingerprint density at radius 1 is 1.15 bits per heavy atom. The van der Waals surface area contributed by atoms with E-state index in [0.29, 0.717) is 12.4 Å². The highest BCUT2D eigenvalue weighted by Gasteiger charge is 2.28. The van der Waals surface area contributed by atoms with Gasteiger partial charge in [-0.3, -0.25) is 9.48 Å². The number of ether oxygens (including phenoxy) is 1. The van der Waals surface area contributed by atoms with E-state index in [4.69, 9.17) is 15.6 Å². The molecule has 1 aliphatic rings. The van der Waals surface area contributed by atoms with E-state index in [-0.39, 0.29) is 11.9 Å². The van der Waals surface area contributed by atoms with Crippen molar-refractivity contribution in [1.29, 1.82) is 0 Å². The van der Waals surface area contributed by atoms with Crippen molar-refractivity contribution >= 4 is 45.2 Å². The van der Waals surface area contributed by atoms with Crippen LogP contribution in [-0.4, -0.2) is 38.7 Å². The summed E-state index contributed by atoms with van der Waals surface area (Å²) in [5.41, 5.74) is 9.02. The van der Waals surface area contributed by atoms with Crippen LogP contribution in [0.5, 0.6) is 11.5 Å². The molecule has 2 N–H and O–H groups in total. The van der Waals surface area contributed by atoms with E-state index in [9.17, 15) is 4.79 Å². The van der Waals surface area contributed by atoms with Crippen LogP contribution in [-0.2, 0) is 4.79 Å². The van der Waals surface area contributed by atoms with E-state index in [0.717, 1.165) is 56.6 Å². The number of amides is 1. The van der Waals surface area contributed by atoms with E-state index in [1.165, 1.54) is 6.08 Å². The first-order valence-corrected chi connectivity index (χ1v) is 12.2. The third-order valence-corrected chi connectivity index (χ3v) is 6.83. The second-order valence-electron chi connectivity index (χ2n) is 8.23. The smallest absolute Gasteiger partial charge is 0.246 e. The number of piperidine rings is 1. The number of nitrogens with two attached hydrogens (primary N) is 1. The van der Waals surface area contributed by atoms with Gasteiger partial charge in [0.1, 0.15) is 23.0 Å². The molecule has 7 nitrogen and oxygen atoms in total. The lowest BCUT2D eigenvalue weighted by Crippen LogP contribution is -2.40. The summed E-state index contributed by atoms with van der Waals surface area (Å²) in [4.78, 5) is 18.5. The molecule has 8 heteroatoms. The Bertz CT molecular complexity index is 1350. The number of carbonyl (C=O) groups excluding carboxylic acids is 1. The standard InChI is InChI=1S/C26H24IN5O2/c1-2-22(33)31-14-6-7-18(16-31)32-25-21(27)15-29-26(28)23(25)24(30-32)17-10-12-20(13-11-17)34-19-8-4-3-5-9-19/h2-5,8-13,15,18H,1,6-7,14,16H2,(H2,28,29)/t18-/m1/s1. The minimum atomic E-state index is -0.0498. The monoisotopic (exact) mass is 565 g/mol. The van der Waals surface area contributed by atoms with E-state index in [1.807, 2.05) is 64.2 Å². The molecule has 34 heavy (non-hydrogen) atoms. The van der Waals surface area contributed by atoms with Crippen LogP contribution in [0.4, 0.5) is 5.82 Å². The highest BCUT2D eigenvalue weighted by molar-refractivity contribution is 14.1. The fourth-order valence-electron chi connectivity index (χ4n) is 4.41. The lowest BCUT2D eigenvalue weighted by Gasteiger charge is -2.32. The summed E-state index contributed by atoms with van der Waals surface area (Å²) in [6.07, 6.45) is 4.98. The fourth-order valence-corrected chi connectivity index (χ4v) is 5.07. The Labute approximate surface area is 211 Å². The highest BCUT2D eigenvalue weighted by Crippen LogP contribution is 2.37. The van der Waals surface area contributed by atoms with Crippen LogP contribution < -0.4 is 10.5 Å². The van der Waals surface area contributed by atoms with Crippen molar-refractivity contribution in [3.8, 4) is 22.8 Å².